The van der Waals surface area contributed by atoms with Gasteiger partial charge in [0.05, 0.1) is 12.2 Å². The molecule has 0 atom stereocenters. The number of carbonyl (C=O) groups excluding carboxylic acids is 2. The SMILES string of the molecule is Cn1ccc(CCN2C(=O)CNC2=O)n1. The van der Waals surface area contributed by atoms with Crippen LogP contribution in [0.5, 0.6) is 0 Å². The van der Waals surface area contributed by atoms with Crippen LogP contribution >= 0.6 is 0 Å². The maximum Gasteiger partial charge on any atom is 0.324 e. The van der Waals surface area contributed by atoms with Crippen LogP contribution in [0.4, 0.5) is 4.79 Å². The lowest BCUT2D eigenvalue weighted by atomic mass is 10.3. The first-order valence-corrected chi connectivity index (χ1v) is 4.73. The molecule has 0 radical (unpaired) electrons. The van der Waals surface area contributed by atoms with Gasteiger partial charge in [0.25, 0.3) is 0 Å². The highest BCUT2D eigenvalue weighted by Crippen LogP contribution is 2.02. The molecule has 80 valence electrons. The second kappa shape index (κ2) is 3.72. The molecule has 0 aromatic carbocycles. The van der Waals surface area contributed by atoms with Crippen LogP contribution in [0.15, 0.2) is 12.3 Å². The number of nitrogens with zero attached hydrogens (tertiary/aromatic N) is 3. The van der Waals surface area contributed by atoms with Crippen LogP contribution < -0.4 is 5.32 Å². The highest BCUT2D eigenvalue weighted by molar-refractivity contribution is 6.01. The molecule has 2 rings (SSSR count). The van der Waals surface area contributed by atoms with Gasteiger partial charge in [0.1, 0.15) is 0 Å². The van der Waals surface area contributed by atoms with Crippen molar-refractivity contribution >= 4 is 11.9 Å². The topological polar surface area (TPSA) is 67.2 Å². The fourth-order valence-electron chi connectivity index (χ4n) is 1.50. The summed E-state index contributed by atoms with van der Waals surface area (Å²) in [4.78, 5) is 23.6. The van der Waals surface area contributed by atoms with Gasteiger partial charge in [-0.05, 0) is 6.07 Å². The van der Waals surface area contributed by atoms with E-state index in [0.717, 1.165) is 5.69 Å². The molecule has 2 heterocycles. The lowest BCUT2D eigenvalue weighted by Crippen LogP contribution is -2.32. The zero-order chi connectivity index (χ0) is 10.8. The second-order valence-electron chi connectivity index (χ2n) is 3.43. The molecule has 1 fully saturated rings. The number of aromatic nitrogens is 2. The predicted molar refractivity (Wildman–Crippen MR) is 52.0 cm³/mol. The number of aryl methyl sites for hydroxylation is 1. The monoisotopic (exact) mass is 208 g/mol. The number of amides is 3. The van der Waals surface area contributed by atoms with Crippen molar-refractivity contribution in [1.29, 1.82) is 0 Å². The third kappa shape index (κ3) is 1.98. The van der Waals surface area contributed by atoms with Gasteiger partial charge in [0.15, 0.2) is 0 Å². The lowest BCUT2D eigenvalue weighted by molar-refractivity contribution is -0.124. The third-order valence-corrected chi connectivity index (χ3v) is 2.30. The molecule has 1 aliphatic heterocycles. The van der Waals surface area contributed by atoms with Gasteiger partial charge in [-0.2, -0.15) is 5.10 Å². The van der Waals surface area contributed by atoms with Gasteiger partial charge in [-0.25, -0.2) is 4.79 Å². The normalized spacial score (nSPS) is 15.9. The number of carbonyl (C=O) groups is 2. The summed E-state index contributed by atoms with van der Waals surface area (Å²) in [5.41, 5.74) is 0.880. The molecule has 1 aliphatic rings. The Balaban J connectivity index is 1.93. The largest absolute Gasteiger partial charge is 0.329 e. The molecule has 15 heavy (non-hydrogen) atoms. The standard InChI is InChI=1S/C9H12N4O2/c1-12-4-2-7(11-12)3-5-13-8(14)6-10-9(13)15/h2,4H,3,5-6H2,1H3,(H,10,15). The third-order valence-electron chi connectivity index (χ3n) is 2.30. The summed E-state index contributed by atoms with van der Waals surface area (Å²) in [6.07, 6.45) is 2.43. The quantitative estimate of drug-likeness (QED) is 0.682. The summed E-state index contributed by atoms with van der Waals surface area (Å²) in [7, 11) is 1.83. The Morgan fingerprint density at radius 3 is 2.87 bits per heavy atom. The Bertz CT molecular complexity index is 383. The van der Waals surface area contributed by atoms with Crippen LogP contribution in [-0.4, -0.2) is 39.7 Å². The van der Waals surface area contributed by atoms with Gasteiger partial charge in [-0.1, -0.05) is 0 Å². The van der Waals surface area contributed by atoms with Crippen molar-refractivity contribution in [3.63, 3.8) is 0 Å². The molecule has 0 saturated carbocycles. The smallest absolute Gasteiger partial charge is 0.324 e. The molecule has 1 aromatic heterocycles. The number of hydrogen-bond acceptors (Lipinski definition) is 3. The minimum absolute atomic E-state index is 0.112. The minimum Gasteiger partial charge on any atom is -0.329 e. The van der Waals surface area contributed by atoms with Gasteiger partial charge in [-0.15, -0.1) is 0 Å². The fraction of sp³-hybridized carbons (Fsp3) is 0.444. The van der Waals surface area contributed by atoms with Crippen LogP contribution in [-0.2, 0) is 18.3 Å². The van der Waals surface area contributed by atoms with Crippen molar-refractivity contribution in [2.24, 2.45) is 7.05 Å². The molecule has 3 amide bonds. The van der Waals surface area contributed by atoms with Gasteiger partial charge < -0.3 is 5.32 Å². The number of hydrogen-bond donors (Lipinski definition) is 1. The Hall–Kier alpha value is -1.85. The lowest BCUT2D eigenvalue weighted by Gasteiger charge is -2.10. The molecule has 0 bridgehead atoms. The fourth-order valence-corrected chi connectivity index (χ4v) is 1.50. The first-order valence-electron chi connectivity index (χ1n) is 4.73. The summed E-state index contributed by atoms with van der Waals surface area (Å²) < 4.78 is 1.70. The highest BCUT2D eigenvalue weighted by atomic mass is 16.2. The minimum atomic E-state index is -0.309. The zero-order valence-corrected chi connectivity index (χ0v) is 8.43. The molecule has 1 aromatic rings. The van der Waals surface area contributed by atoms with Crippen LogP contribution in [0.3, 0.4) is 0 Å². The summed E-state index contributed by atoms with van der Waals surface area (Å²) in [5, 5.41) is 6.64. The first kappa shape index (κ1) is 9.70. The number of rotatable bonds is 3. The van der Waals surface area contributed by atoms with Crippen molar-refractivity contribution in [2.75, 3.05) is 13.1 Å². The van der Waals surface area contributed by atoms with Gasteiger partial charge in [0.2, 0.25) is 5.91 Å². The number of urea groups is 1. The van der Waals surface area contributed by atoms with E-state index < -0.39 is 0 Å². The molecule has 0 unspecified atom stereocenters. The molecule has 0 aliphatic carbocycles. The van der Waals surface area contributed by atoms with Crippen molar-refractivity contribution in [1.82, 2.24) is 20.0 Å². The van der Waals surface area contributed by atoms with Crippen molar-refractivity contribution < 1.29 is 9.59 Å². The molecular formula is C9H12N4O2. The number of nitrogens with one attached hydrogen (secondary N) is 1. The van der Waals surface area contributed by atoms with Crippen molar-refractivity contribution in [3.05, 3.63) is 18.0 Å². The molecule has 6 heteroatoms. The van der Waals surface area contributed by atoms with E-state index in [0.29, 0.717) is 13.0 Å². The number of imide groups is 1. The van der Waals surface area contributed by atoms with E-state index >= 15 is 0 Å². The molecular weight excluding hydrogens is 196 g/mol. The average Bonchev–Trinajstić information content (AvgIpc) is 2.73. The molecule has 0 spiro atoms. The predicted octanol–water partition coefficient (Wildman–Crippen LogP) is -0.486. The first-order chi connectivity index (χ1) is 7.16. The molecule has 6 nitrogen and oxygen atoms in total. The summed E-state index contributed by atoms with van der Waals surface area (Å²) in [6, 6.07) is 1.56. The van der Waals surface area contributed by atoms with Crippen LogP contribution in [0, 0.1) is 0 Å². The Morgan fingerprint density at radius 2 is 2.33 bits per heavy atom. The maximum absolute atomic E-state index is 11.2. The van der Waals surface area contributed by atoms with Crippen LogP contribution in [0.2, 0.25) is 0 Å². The van der Waals surface area contributed by atoms with E-state index in [2.05, 4.69) is 10.4 Å². The Morgan fingerprint density at radius 1 is 1.53 bits per heavy atom. The van der Waals surface area contributed by atoms with E-state index in [4.69, 9.17) is 0 Å². The van der Waals surface area contributed by atoms with E-state index in [9.17, 15) is 9.59 Å². The highest BCUT2D eigenvalue weighted by Gasteiger charge is 2.27. The summed E-state index contributed by atoms with van der Waals surface area (Å²) >= 11 is 0. The second-order valence-corrected chi connectivity index (χ2v) is 3.43. The van der Waals surface area contributed by atoms with E-state index in [-0.39, 0.29) is 18.5 Å². The van der Waals surface area contributed by atoms with Gasteiger partial charge in [0, 0.05) is 26.2 Å². The van der Waals surface area contributed by atoms with Crippen molar-refractivity contribution in [2.45, 2.75) is 6.42 Å². The van der Waals surface area contributed by atoms with Crippen LogP contribution in [0.25, 0.3) is 0 Å². The summed E-state index contributed by atoms with van der Waals surface area (Å²) in [6.45, 7) is 0.503. The Labute approximate surface area is 86.9 Å². The zero-order valence-electron chi connectivity index (χ0n) is 8.43. The van der Waals surface area contributed by atoms with Crippen molar-refractivity contribution in [3.8, 4) is 0 Å². The maximum atomic E-state index is 11.2. The van der Waals surface area contributed by atoms with E-state index in [1.807, 2.05) is 19.3 Å². The summed E-state index contributed by atoms with van der Waals surface area (Å²) in [5.74, 6) is -0.170. The Kier molecular flexibility index (Phi) is 2.40. The van der Waals surface area contributed by atoms with Gasteiger partial charge in [-0.3, -0.25) is 14.4 Å². The molecule has 1 N–H and O–H groups in total. The molecule has 1 saturated heterocycles. The van der Waals surface area contributed by atoms with E-state index in [1.54, 1.807) is 4.68 Å². The van der Waals surface area contributed by atoms with Gasteiger partial charge >= 0.3 is 6.03 Å². The van der Waals surface area contributed by atoms with E-state index in [1.165, 1.54) is 4.90 Å². The average molecular weight is 208 g/mol. The van der Waals surface area contributed by atoms with Crippen LogP contribution in [0.1, 0.15) is 5.69 Å².